The maximum atomic E-state index is 13.4. The molecule has 0 aliphatic carbocycles. The number of carbonyl (C=O) groups is 1. The van der Waals surface area contributed by atoms with Crippen molar-refractivity contribution < 1.29 is 17.7 Å². The first-order valence-corrected chi connectivity index (χ1v) is 14.9. The SMILES string of the molecule is Cc1noc(=O)c2ccc(N3C(=O)C(C)(C)N(CCCCCCN4CCN(S(C)(=O)=O)CC4)C3=S)cc12. The van der Waals surface area contributed by atoms with Crippen LogP contribution in [0.1, 0.15) is 45.2 Å². The lowest BCUT2D eigenvalue weighted by molar-refractivity contribution is -0.123. The van der Waals surface area contributed by atoms with E-state index >= 15 is 0 Å². The fourth-order valence-corrected chi connectivity index (χ4v) is 6.37. The Morgan fingerprint density at radius 1 is 1.00 bits per heavy atom. The number of thiocarbonyl (C=S) groups is 1. The van der Waals surface area contributed by atoms with Crippen LogP contribution in [0.2, 0.25) is 0 Å². The van der Waals surface area contributed by atoms with Crippen molar-refractivity contribution in [1.82, 2.24) is 19.3 Å². The number of benzene rings is 1. The average molecular weight is 550 g/mol. The van der Waals surface area contributed by atoms with Gasteiger partial charge < -0.3 is 14.3 Å². The Morgan fingerprint density at radius 3 is 2.30 bits per heavy atom. The number of hydrogen-bond donors (Lipinski definition) is 0. The Kier molecular flexibility index (Phi) is 8.03. The lowest BCUT2D eigenvalue weighted by Crippen LogP contribution is -2.48. The number of carbonyl (C=O) groups excluding carboxylic acids is 1. The summed E-state index contributed by atoms with van der Waals surface area (Å²) in [5.74, 6) is -0.0985. The van der Waals surface area contributed by atoms with Gasteiger partial charge in [-0.3, -0.25) is 9.69 Å². The second kappa shape index (κ2) is 10.8. The van der Waals surface area contributed by atoms with Gasteiger partial charge in [0.05, 0.1) is 23.0 Å². The molecule has 1 aromatic carbocycles. The number of amides is 1. The van der Waals surface area contributed by atoms with Gasteiger partial charge >= 0.3 is 5.63 Å². The fraction of sp³-hybridized carbons (Fsp3) is 0.600. The molecule has 37 heavy (non-hydrogen) atoms. The molecule has 0 radical (unpaired) electrons. The molecule has 1 amide bonds. The predicted molar refractivity (Wildman–Crippen MR) is 147 cm³/mol. The molecule has 2 aromatic rings. The van der Waals surface area contributed by atoms with Crippen LogP contribution in [0.5, 0.6) is 0 Å². The number of aryl methyl sites for hydroxylation is 1. The number of fused-ring (bicyclic) bond motifs is 1. The fourth-order valence-electron chi connectivity index (χ4n) is 5.04. The van der Waals surface area contributed by atoms with E-state index < -0.39 is 21.2 Å². The third-order valence-electron chi connectivity index (χ3n) is 7.37. The van der Waals surface area contributed by atoms with E-state index in [0.717, 1.165) is 45.3 Å². The van der Waals surface area contributed by atoms with E-state index in [1.54, 1.807) is 34.3 Å². The topological polar surface area (TPSA) is 107 Å². The third kappa shape index (κ3) is 5.71. The van der Waals surface area contributed by atoms with E-state index in [1.165, 1.54) is 6.26 Å². The molecule has 202 valence electrons. The molecule has 0 bridgehead atoms. The van der Waals surface area contributed by atoms with Crippen molar-refractivity contribution in [3.05, 3.63) is 34.3 Å². The van der Waals surface area contributed by atoms with Crippen LogP contribution in [0.25, 0.3) is 10.8 Å². The summed E-state index contributed by atoms with van der Waals surface area (Å²) >= 11 is 5.75. The molecule has 1 aromatic heterocycles. The van der Waals surface area contributed by atoms with Gasteiger partial charge in [0, 0.05) is 38.1 Å². The predicted octanol–water partition coefficient (Wildman–Crippen LogP) is 2.35. The standard InChI is InChI=1S/C25H35N5O5S2/c1-18-21-17-19(9-10-20(21)22(31)35-26-18)30-23(32)25(2,3)29(24(30)36)12-8-6-5-7-11-27-13-15-28(16-14-27)37(4,33)34/h9-10,17H,5-8,11-16H2,1-4H3. The zero-order valence-corrected chi connectivity index (χ0v) is 23.5. The summed E-state index contributed by atoms with van der Waals surface area (Å²) in [6.07, 6.45) is 5.31. The molecule has 0 atom stereocenters. The molecule has 0 N–H and O–H groups in total. The number of rotatable bonds is 9. The number of aromatic nitrogens is 1. The maximum Gasteiger partial charge on any atom is 0.366 e. The van der Waals surface area contributed by atoms with E-state index in [1.807, 2.05) is 18.7 Å². The van der Waals surface area contributed by atoms with Crippen LogP contribution in [0.3, 0.4) is 0 Å². The van der Waals surface area contributed by atoms with Gasteiger partial charge in [-0.2, -0.15) is 4.31 Å². The van der Waals surface area contributed by atoms with Crippen molar-refractivity contribution in [3.8, 4) is 0 Å². The number of anilines is 1. The zero-order chi connectivity index (χ0) is 27.0. The molecular weight excluding hydrogens is 514 g/mol. The summed E-state index contributed by atoms with van der Waals surface area (Å²) in [5, 5.41) is 5.32. The highest BCUT2D eigenvalue weighted by molar-refractivity contribution is 7.88. The molecule has 0 spiro atoms. The molecule has 12 heteroatoms. The first-order valence-electron chi connectivity index (χ1n) is 12.7. The molecule has 0 saturated carbocycles. The van der Waals surface area contributed by atoms with Gasteiger partial charge in [0.15, 0.2) is 5.11 Å². The monoisotopic (exact) mass is 549 g/mol. The highest BCUT2D eigenvalue weighted by Crippen LogP contribution is 2.34. The quantitative estimate of drug-likeness (QED) is 0.344. The van der Waals surface area contributed by atoms with Crippen LogP contribution in [0, 0.1) is 6.92 Å². The minimum absolute atomic E-state index is 0.0985. The molecule has 4 rings (SSSR count). The third-order valence-corrected chi connectivity index (χ3v) is 9.07. The zero-order valence-electron chi connectivity index (χ0n) is 21.9. The molecular formula is C25H35N5O5S2. The van der Waals surface area contributed by atoms with Crippen molar-refractivity contribution in [2.45, 2.75) is 52.0 Å². The Labute approximate surface area is 223 Å². The highest BCUT2D eigenvalue weighted by atomic mass is 32.2. The minimum Gasteiger partial charge on any atom is -0.334 e. The number of unbranched alkanes of at least 4 members (excludes halogenated alkanes) is 3. The molecule has 2 aliphatic rings. The van der Waals surface area contributed by atoms with Crippen LogP contribution < -0.4 is 10.5 Å². The highest BCUT2D eigenvalue weighted by Gasteiger charge is 2.49. The summed E-state index contributed by atoms with van der Waals surface area (Å²) in [4.78, 5) is 31.3. The van der Waals surface area contributed by atoms with E-state index in [4.69, 9.17) is 16.7 Å². The van der Waals surface area contributed by atoms with Crippen molar-refractivity contribution >= 4 is 49.7 Å². The van der Waals surface area contributed by atoms with E-state index in [-0.39, 0.29) is 5.91 Å². The molecule has 2 aliphatic heterocycles. The first-order chi connectivity index (χ1) is 17.4. The van der Waals surface area contributed by atoms with Gasteiger partial charge in [0.2, 0.25) is 10.0 Å². The van der Waals surface area contributed by atoms with Crippen molar-refractivity contribution in [3.63, 3.8) is 0 Å². The summed E-state index contributed by atoms with van der Waals surface area (Å²) in [5.41, 5.74) is -0.0958. The van der Waals surface area contributed by atoms with Crippen LogP contribution in [-0.2, 0) is 14.8 Å². The van der Waals surface area contributed by atoms with Gasteiger partial charge in [0.1, 0.15) is 5.54 Å². The Balaban J connectivity index is 1.30. The molecule has 3 heterocycles. The van der Waals surface area contributed by atoms with Crippen LogP contribution in [-0.4, -0.2) is 89.8 Å². The second-order valence-electron chi connectivity index (χ2n) is 10.3. The largest absolute Gasteiger partial charge is 0.366 e. The number of piperazine rings is 1. The first kappa shape index (κ1) is 27.6. The molecule has 0 unspecified atom stereocenters. The summed E-state index contributed by atoms with van der Waals surface area (Å²) < 4.78 is 29.7. The number of nitrogens with zero attached hydrogens (tertiary/aromatic N) is 5. The molecule has 2 saturated heterocycles. The van der Waals surface area contributed by atoms with Crippen molar-refractivity contribution in [1.29, 1.82) is 0 Å². The van der Waals surface area contributed by atoms with Crippen LogP contribution in [0.4, 0.5) is 5.69 Å². The minimum atomic E-state index is -3.10. The molecule has 10 nitrogen and oxygen atoms in total. The smallest absolute Gasteiger partial charge is 0.334 e. The number of sulfonamides is 1. The maximum absolute atomic E-state index is 13.4. The van der Waals surface area contributed by atoms with Gasteiger partial charge in [-0.15, -0.1) is 0 Å². The molecule has 2 fully saturated rings. The number of hydrogen-bond acceptors (Lipinski definition) is 8. The lowest BCUT2D eigenvalue weighted by atomic mass is 10.0. The van der Waals surface area contributed by atoms with Gasteiger partial charge in [0.25, 0.3) is 5.91 Å². The van der Waals surface area contributed by atoms with E-state index in [9.17, 15) is 18.0 Å². The van der Waals surface area contributed by atoms with Gasteiger partial charge in [-0.05, 0) is 70.6 Å². The second-order valence-corrected chi connectivity index (χ2v) is 12.7. The summed E-state index contributed by atoms with van der Waals surface area (Å²) in [6, 6.07) is 5.14. The van der Waals surface area contributed by atoms with Crippen LogP contribution >= 0.6 is 12.2 Å². The Hall–Kier alpha value is -2.41. The van der Waals surface area contributed by atoms with E-state index in [2.05, 4.69) is 10.1 Å². The van der Waals surface area contributed by atoms with E-state index in [0.29, 0.717) is 46.9 Å². The van der Waals surface area contributed by atoms with Gasteiger partial charge in [-0.25, -0.2) is 13.2 Å². The van der Waals surface area contributed by atoms with Gasteiger partial charge in [-0.1, -0.05) is 18.0 Å². The lowest BCUT2D eigenvalue weighted by Gasteiger charge is -2.33. The normalized spacial score (nSPS) is 19.4. The summed E-state index contributed by atoms with van der Waals surface area (Å²) in [6.45, 7) is 9.85. The average Bonchev–Trinajstić information content (AvgIpc) is 3.02. The Morgan fingerprint density at radius 2 is 1.65 bits per heavy atom. The van der Waals surface area contributed by atoms with Crippen LogP contribution in [0.15, 0.2) is 27.5 Å². The Bertz CT molecular complexity index is 1350. The van der Waals surface area contributed by atoms with Crippen molar-refractivity contribution in [2.24, 2.45) is 0 Å². The summed E-state index contributed by atoms with van der Waals surface area (Å²) in [7, 11) is -3.10. The van der Waals surface area contributed by atoms with Crippen molar-refractivity contribution in [2.75, 3.05) is 50.4 Å².